The summed E-state index contributed by atoms with van der Waals surface area (Å²) >= 11 is 0. The number of halogens is 3. The first-order valence-corrected chi connectivity index (χ1v) is 10.9. The standard InChI is InChI=1S/C19H16F3N7O2S/c1-4-7-23-13-6-8-24-16-14(18(27-29(13)16)32(30,31)5-2)17-26-12-9-11(19(20,21)22)10-25-15(12)28(17)3/h1,6,8-10,23H,5,7H2,2-3H3. The van der Waals surface area contributed by atoms with E-state index < -0.39 is 21.6 Å². The molecule has 0 radical (unpaired) electrons. The Morgan fingerprint density at radius 2 is 2.00 bits per heavy atom. The van der Waals surface area contributed by atoms with E-state index in [-0.39, 0.29) is 45.5 Å². The number of pyridine rings is 1. The molecule has 4 rings (SSSR count). The monoisotopic (exact) mass is 463 g/mol. The van der Waals surface area contributed by atoms with Crippen LogP contribution in [0, 0.1) is 12.3 Å². The minimum Gasteiger partial charge on any atom is -0.359 e. The van der Waals surface area contributed by atoms with Crippen molar-refractivity contribution in [2.45, 2.75) is 18.1 Å². The van der Waals surface area contributed by atoms with Crippen molar-refractivity contribution in [1.29, 1.82) is 0 Å². The highest BCUT2D eigenvalue weighted by Gasteiger charge is 2.33. The first kappa shape index (κ1) is 21.6. The first-order valence-electron chi connectivity index (χ1n) is 9.26. The topological polar surface area (TPSA) is 107 Å². The van der Waals surface area contributed by atoms with Gasteiger partial charge in [-0.1, -0.05) is 12.8 Å². The predicted molar refractivity (Wildman–Crippen MR) is 111 cm³/mol. The van der Waals surface area contributed by atoms with Crippen LogP contribution in [0.25, 0.3) is 28.2 Å². The Balaban J connectivity index is 2.05. The number of sulfone groups is 1. The quantitative estimate of drug-likeness (QED) is 0.453. The maximum Gasteiger partial charge on any atom is 0.417 e. The molecule has 4 aromatic rings. The number of alkyl halides is 3. The first-order chi connectivity index (χ1) is 15.1. The number of hydrogen-bond acceptors (Lipinski definition) is 7. The summed E-state index contributed by atoms with van der Waals surface area (Å²) in [6, 6.07) is 2.43. The number of rotatable bonds is 5. The van der Waals surface area contributed by atoms with Crippen molar-refractivity contribution >= 4 is 32.5 Å². The van der Waals surface area contributed by atoms with Gasteiger partial charge in [0, 0.05) is 19.4 Å². The van der Waals surface area contributed by atoms with Gasteiger partial charge < -0.3 is 9.88 Å². The van der Waals surface area contributed by atoms with Gasteiger partial charge in [0.1, 0.15) is 22.7 Å². The van der Waals surface area contributed by atoms with Crippen LogP contribution in [0.3, 0.4) is 0 Å². The van der Waals surface area contributed by atoms with Crippen molar-refractivity contribution in [1.82, 2.24) is 29.1 Å². The normalized spacial score (nSPS) is 12.4. The van der Waals surface area contributed by atoms with Crippen LogP contribution >= 0.6 is 0 Å². The number of nitrogens with one attached hydrogen (secondary N) is 1. The molecule has 0 saturated carbocycles. The zero-order valence-corrected chi connectivity index (χ0v) is 17.7. The molecule has 0 spiro atoms. The minimum atomic E-state index is -4.60. The fourth-order valence-corrected chi connectivity index (χ4v) is 4.18. The molecule has 0 aromatic carbocycles. The molecule has 166 valence electrons. The summed E-state index contributed by atoms with van der Waals surface area (Å²) in [5.74, 6) is 2.62. The van der Waals surface area contributed by atoms with Gasteiger partial charge in [-0.05, 0) is 12.1 Å². The van der Waals surface area contributed by atoms with Crippen LogP contribution < -0.4 is 5.32 Å². The maximum absolute atomic E-state index is 13.1. The maximum atomic E-state index is 13.1. The van der Waals surface area contributed by atoms with Crippen LogP contribution in [0.5, 0.6) is 0 Å². The number of aromatic nitrogens is 6. The molecular weight excluding hydrogens is 447 g/mol. The SMILES string of the molecule is C#CCNc1ccnc2c(-c3nc4cc(C(F)(F)F)cnc4n3C)c(S(=O)(=O)CC)nn12. The number of anilines is 1. The average Bonchev–Trinajstić information content (AvgIpc) is 3.30. The van der Waals surface area contributed by atoms with Crippen LogP contribution in [0.2, 0.25) is 0 Å². The molecule has 9 nitrogen and oxygen atoms in total. The van der Waals surface area contributed by atoms with Crippen molar-refractivity contribution in [2.75, 3.05) is 17.6 Å². The fourth-order valence-electron chi connectivity index (χ4n) is 3.21. The number of aryl methyl sites for hydroxylation is 1. The van der Waals surface area contributed by atoms with Gasteiger partial charge in [0.25, 0.3) is 0 Å². The van der Waals surface area contributed by atoms with Crippen LogP contribution in [-0.2, 0) is 23.1 Å². The second-order valence-corrected chi connectivity index (χ2v) is 8.96. The number of nitrogens with zero attached hydrogens (tertiary/aromatic N) is 6. The average molecular weight is 463 g/mol. The van der Waals surface area contributed by atoms with E-state index in [0.717, 1.165) is 6.07 Å². The Kier molecular flexibility index (Phi) is 5.04. The van der Waals surface area contributed by atoms with Crippen LogP contribution in [0.15, 0.2) is 29.6 Å². The number of imidazole rings is 1. The van der Waals surface area contributed by atoms with E-state index in [1.165, 1.54) is 29.3 Å². The summed E-state index contributed by atoms with van der Waals surface area (Å²) in [6.45, 7) is 1.61. The van der Waals surface area contributed by atoms with Crippen molar-refractivity contribution in [3.8, 4) is 23.7 Å². The Morgan fingerprint density at radius 1 is 1.25 bits per heavy atom. The van der Waals surface area contributed by atoms with E-state index in [0.29, 0.717) is 12.0 Å². The molecule has 0 aliphatic rings. The molecule has 32 heavy (non-hydrogen) atoms. The van der Waals surface area contributed by atoms with Gasteiger partial charge in [-0.2, -0.15) is 22.8 Å². The Labute approximate surface area is 180 Å². The lowest BCUT2D eigenvalue weighted by Gasteiger charge is -2.05. The lowest BCUT2D eigenvalue weighted by Crippen LogP contribution is -2.08. The predicted octanol–water partition coefficient (Wildman–Crippen LogP) is 2.54. The zero-order valence-electron chi connectivity index (χ0n) is 16.8. The van der Waals surface area contributed by atoms with Crippen LogP contribution in [0.4, 0.5) is 19.0 Å². The fraction of sp³-hybridized carbons (Fsp3) is 0.263. The highest BCUT2D eigenvalue weighted by Crippen LogP contribution is 2.35. The van der Waals surface area contributed by atoms with Gasteiger partial charge in [0.05, 0.1) is 17.9 Å². The van der Waals surface area contributed by atoms with Gasteiger partial charge in [0.15, 0.2) is 26.2 Å². The van der Waals surface area contributed by atoms with Crippen molar-refractivity contribution in [2.24, 2.45) is 7.05 Å². The molecule has 0 aliphatic heterocycles. The van der Waals surface area contributed by atoms with Gasteiger partial charge in [-0.15, -0.1) is 6.42 Å². The highest BCUT2D eigenvalue weighted by molar-refractivity contribution is 7.91. The van der Waals surface area contributed by atoms with Gasteiger partial charge in [0.2, 0.25) is 0 Å². The van der Waals surface area contributed by atoms with E-state index in [9.17, 15) is 21.6 Å². The lowest BCUT2D eigenvalue weighted by molar-refractivity contribution is -0.137. The van der Waals surface area contributed by atoms with Gasteiger partial charge in [-0.25, -0.2) is 23.4 Å². The third-order valence-electron chi connectivity index (χ3n) is 4.79. The van der Waals surface area contributed by atoms with Crippen LogP contribution in [0.1, 0.15) is 12.5 Å². The van der Waals surface area contributed by atoms with Gasteiger partial charge in [-0.3, -0.25) is 0 Å². The van der Waals surface area contributed by atoms with Crippen molar-refractivity contribution in [3.63, 3.8) is 0 Å². The summed E-state index contributed by atoms with van der Waals surface area (Å²) < 4.78 is 67.7. The van der Waals surface area contributed by atoms with Crippen molar-refractivity contribution < 1.29 is 21.6 Å². The molecule has 13 heteroatoms. The molecule has 4 aromatic heterocycles. The summed E-state index contributed by atoms with van der Waals surface area (Å²) in [7, 11) is -2.33. The van der Waals surface area contributed by atoms with E-state index in [4.69, 9.17) is 6.42 Å². The molecule has 1 N–H and O–H groups in total. The molecular formula is C19H16F3N7O2S. The molecule has 0 atom stereocenters. The smallest absolute Gasteiger partial charge is 0.359 e. The third-order valence-corrected chi connectivity index (χ3v) is 6.43. The molecule has 0 fully saturated rings. The number of hydrogen-bond donors (Lipinski definition) is 1. The molecule has 0 aliphatic carbocycles. The van der Waals surface area contributed by atoms with Gasteiger partial charge >= 0.3 is 6.18 Å². The second kappa shape index (κ2) is 7.49. The summed E-state index contributed by atoms with van der Waals surface area (Å²) in [5, 5.41) is 6.87. The van der Waals surface area contributed by atoms with E-state index >= 15 is 0 Å². The number of fused-ring (bicyclic) bond motifs is 2. The Hall–Kier alpha value is -3.66. The molecule has 0 saturated heterocycles. The minimum absolute atomic E-state index is 0.0434. The Morgan fingerprint density at radius 3 is 2.66 bits per heavy atom. The highest BCUT2D eigenvalue weighted by atomic mass is 32.2. The summed E-state index contributed by atoms with van der Waals surface area (Å²) in [5.41, 5.74) is -0.652. The summed E-state index contributed by atoms with van der Waals surface area (Å²) in [6.07, 6.45) is 2.83. The Bertz CT molecular complexity index is 1500. The van der Waals surface area contributed by atoms with Crippen LogP contribution in [-0.4, -0.2) is 49.8 Å². The number of terminal acetylenes is 1. The molecule has 0 unspecified atom stereocenters. The van der Waals surface area contributed by atoms with Crippen molar-refractivity contribution in [3.05, 3.63) is 30.1 Å². The molecule has 4 heterocycles. The van der Waals surface area contributed by atoms with E-state index in [1.807, 2.05) is 0 Å². The lowest BCUT2D eigenvalue weighted by atomic mass is 10.2. The largest absolute Gasteiger partial charge is 0.417 e. The zero-order chi connectivity index (χ0) is 23.3. The molecule has 0 bridgehead atoms. The van der Waals surface area contributed by atoms with E-state index in [1.54, 1.807) is 6.07 Å². The second-order valence-electron chi connectivity index (χ2n) is 6.77. The molecule has 0 amide bonds. The van der Waals surface area contributed by atoms with E-state index in [2.05, 4.69) is 31.3 Å². The third kappa shape index (κ3) is 3.42. The summed E-state index contributed by atoms with van der Waals surface area (Å²) in [4.78, 5) is 12.4.